The maximum atomic E-state index is 12.5. The molecule has 2 rings (SSSR count). The minimum absolute atomic E-state index is 0.0200. The van der Waals surface area contributed by atoms with Crippen LogP contribution >= 0.6 is 0 Å². The number of hydrogen-bond donors (Lipinski definition) is 0. The van der Waals surface area contributed by atoms with Crippen LogP contribution < -0.4 is 0 Å². The second-order valence-electron chi connectivity index (χ2n) is 5.04. The standard InChI is InChI=1S/C13H20N2O4/c1-19-12(17)9-14-7-3-2-5-10(13(14)18)15-8-4-6-11(15)16/h10H,2-9H2,1H3. The Hall–Kier alpha value is -1.59. The summed E-state index contributed by atoms with van der Waals surface area (Å²) >= 11 is 0. The van der Waals surface area contributed by atoms with Crippen LogP contribution in [0.25, 0.3) is 0 Å². The summed E-state index contributed by atoms with van der Waals surface area (Å²) in [6.07, 6.45) is 3.81. The Morgan fingerprint density at radius 3 is 2.68 bits per heavy atom. The molecule has 2 fully saturated rings. The fourth-order valence-corrected chi connectivity index (χ4v) is 2.75. The van der Waals surface area contributed by atoms with E-state index in [4.69, 9.17) is 0 Å². The molecule has 2 heterocycles. The largest absolute Gasteiger partial charge is 0.468 e. The van der Waals surface area contributed by atoms with Crippen molar-refractivity contribution < 1.29 is 19.1 Å². The molecule has 0 spiro atoms. The second kappa shape index (κ2) is 6.04. The van der Waals surface area contributed by atoms with Gasteiger partial charge in [0.05, 0.1) is 7.11 Å². The average Bonchev–Trinajstić information content (AvgIpc) is 2.74. The monoisotopic (exact) mass is 268 g/mol. The van der Waals surface area contributed by atoms with Crippen LogP contribution in [-0.2, 0) is 19.1 Å². The highest BCUT2D eigenvalue weighted by atomic mass is 16.5. The van der Waals surface area contributed by atoms with Gasteiger partial charge in [0.1, 0.15) is 12.6 Å². The Morgan fingerprint density at radius 2 is 2.05 bits per heavy atom. The summed E-state index contributed by atoms with van der Waals surface area (Å²) in [6.45, 7) is 1.20. The summed E-state index contributed by atoms with van der Waals surface area (Å²) in [4.78, 5) is 38.8. The van der Waals surface area contributed by atoms with Crippen LogP contribution in [0.15, 0.2) is 0 Å². The van der Waals surface area contributed by atoms with E-state index >= 15 is 0 Å². The third kappa shape index (κ3) is 3.05. The molecule has 6 heteroatoms. The first-order valence-electron chi connectivity index (χ1n) is 6.78. The Kier molecular flexibility index (Phi) is 4.39. The topological polar surface area (TPSA) is 66.9 Å². The van der Waals surface area contributed by atoms with Crippen molar-refractivity contribution in [2.75, 3.05) is 26.7 Å². The first kappa shape index (κ1) is 13.8. The third-order valence-electron chi connectivity index (χ3n) is 3.79. The Labute approximate surface area is 112 Å². The quantitative estimate of drug-likeness (QED) is 0.684. The lowest BCUT2D eigenvalue weighted by atomic mass is 10.1. The van der Waals surface area contributed by atoms with Crippen molar-refractivity contribution in [2.45, 2.75) is 38.1 Å². The fourth-order valence-electron chi connectivity index (χ4n) is 2.75. The lowest BCUT2D eigenvalue weighted by Crippen LogP contribution is -2.49. The number of rotatable bonds is 3. The fraction of sp³-hybridized carbons (Fsp3) is 0.769. The SMILES string of the molecule is COC(=O)CN1CCCCC(N2CCCC2=O)C1=O. The molecule has 0 aromatic carbocycles. The summed E-state index contributed by atoms with van der Waals surface area (Å²) in [5.74, 6) is -0.474. The van der Waals surface area contributed by atoms with Gasteiger partial charge < -0.3 is 14.5 Å². The lowest BCUT2D eigenvalue weighted by Gasteiger charge is -2.29. The van der Waals surface area contributed by atoms with Crippen LogP contribution in [0.3, 0.4) is 0 Å². The van der Waals surface area contributed by atoms with Gasteiger partial charge in [-0.1, -0.05) is 0 Å². The number of carbonyl (C=O) groups is 3. The minimum Gasteiger partial charge on any atom is -0.468 e. The summed E-state index contributed by atoms with van der Waals surface area (Å²) in [7, 11) is 1.31. The van der Waals surface area contributed by atoms with Crippen LogP contribution in [0.5, 0.6) is 0 Å². The molecule has 0 aromatic rings. The molecule has 2 saturated heterocycles. The molecule has 106 valence electrons. The van der Waals surface area contributed by atoms with Gasteiger partial charge in [0.25, 0.3) is 0 Å². The molecule has 2 amide bonds. The third-order valence-corrected chi connectivity index (χ3v) is 3.79. The zero-order valence-corrected chi connectivity index (χ0v) is 11.3. The normalized spacial score (nSPS) is 24.6. The maximum absolute atomic E-state index is 12.5. The molecule has 0 N–H and O–H groups in total. The lowest BCUT2D eigenvalue weighted by molar-refractivity contribution is -0.150. The van der Waals surface area contributed by atoms with Crippen LogP contribution in [0.4, 0.5) is 0 Å². The van der Waals surface area contributed by atoms with Crippen LogP contribution in [0, 0.1) is 0 Å². The van der Waals surface area contributed by atoms with E-state index in [1.165, 1.54) is 12.0 Å². The number of ether oxygens (including phenoxy) is 1. The Balaban J connectivity index is 2.08. The molecule has 0 saturated carbocycles. The van der Waals surface area contributed by atoms with Crippen molar-refractivity contribution in [2.24, 2.45) is 0 Å². The van der Waals surface area contributed by atoms with E-state index in [1.807, 2.05) is 0 Å². The average molecular weight is 268 g/mol. The molecular weight excluding hydrogens is 248 g/mol. The molecule has 2 aliphatic rings. The van der Waals surface area contributed by atoms with E-state index in [-0.39, 0.29) is 24.4 Å². The number of likely N-dealkylation sites (tertiary alicyclic amines) is 2. The molecule has 6 nitrogen and oxygen atoms in total. The predicted octanol–water partition coefficient (Wildman–Crippen LogP) is 0.163. The highest BCUT2D eigenvalue weighted by molar-refractivity contribution is 5.90. The van der Waals surface area contributed by atoms with Gasteiger partial charge in [-0.05, 0) is 25.7 Å². The van der Waals surface area contributed by atoms with Crippen molar-refractivity contribution >= 4 is 17.8 Å². The first-order valence-corrected chi connectivity index (χ1v) is 6.78. The van der Waals surface area contributed by atoms with Crippen LogP contribution in [0.2, 0.25) is 0 Å². The van der Waals surface area contributed by atoms with E-state index in [0.717, 1.165) is 19.3 Å². The first-order chi connectivity index (χ1) is 9.13. The molecule has 0 aromatic heterocycles. The van der Waals surface area contributed by atoms with Gasteiger partial charge in [-0.25, -0.2) is 0 Å². The summed E-state index contributed by atoms with van der Waals surface area (Å²) in [6, 6.07) is -0.387. The molecular formula is C13H20N2O4. The number of nitrogens with zero attached hydrogens (tertiary/aromatic N) is 2. The van der Waals surface area contributed by atoms with Gasteiger partial charge in [-0.2, -0.15) is 0 Å². The van der Waals surface area contributed by atoms with Gasteiger partial charge in [-0.3, -0.25) is 14.4 Å². The van der Waals surface area contributed by atoms with Gasteiger partial charge in [-0.15, -0.1) is 0 Å². The van der Waals surface area contributed by atoms with E-state index in [9.17, 15) is 14.4 Å². The van der Waals surface area contributed by atoms with Crippen molar-refractivity contribution in [1.82, 2.24) is 9.80 Å². The van der Waals surface area contributed by atoms with Crippen molar-refractivity contribution in [3.8, 4) is 0 Å². The molecule has 2 aliphatic heterocycles. The molecule has 1 unspecified atom stereocenters. The van der Waals surface area contributed by atoms with Crippen molar-refractivity contribution in [3.05, 3.63) is 0 Å². The minimum atomic E-state index is -0.415. The van der Waals surface area contributed by atoms with E-state index in [2.05, 4.69) is 4.74 Å². The highest BCUT2D eigenvalue weighted by Crippen LogP contribution is 2.22. The molecule has 0 aliphatic carbocycles. The second-order valence-corrected chi connectivity index (χ2v) is 5.04. The van der Waals surface area contributed by atoms with E-state index in [1.54, 1.807) is 4.90 Å². The van der Waals surface area contributed by atoms with Crippen LogP contribution in [0.1, 0.15) is 32.1 Å². The Bertz CT molecular complexity index is 383. The number of methoxy groups -OCH3 is 1. The Morgan fingerprint density at radius 1 is 1.26 bits per heavy atom. The number of carbonyl (C=O) groups excluding carboxylic acids is 3. The smallest absolute Gasteiger partial charge is 0.325 e. The van der Waals surface area contributed by atoms with Gasteiger partial charge in [0.2, 0.25) is 11.8 Å². The summed E-state index contributed by atoms with van der Waals surface area (Å²) in [5.41, 5.74) is 0. The van der Waals surface area contributed by atoms with Gasteiger partial charge >= 0.3 is 5.97 Å². The molecule has 1 atom stereocenters. The molecule has 19 heavy (non-hydrogen) atoms. The maximum Gasteiger partial charge on any atom is 0.325 e. The van der Waals surface area contributed by atoms with Gasteiger partial charge in [0.15, 0.2) is 0 Å². The predicted molar refractivity (Wildman–Crippen MR) is 67.2 cm³/mol. The number of amides is 2. The molecule has 0 bridgehead atoms. The zero-order valence-electron chi connectivity index (χ0n) is 11.3. The number of esters is 1. The van der Waals surface area contributed by atoms with Crippen molar-refractivity contribution in [1.29, 1.82) is 0 Å². The van der Waals surface area contributed by atoms with Crippen molar-refractivity contribution in [3.63, 3.8) is 0 Å². The van der Waals surface area contributed by atoms with Gasteiger partial charge in [0, 0.05) is 19.5 Å². The molecule has 0 radical (unpaired) electrons. The highest BCUT2D eigenvalue weighted by Gasteiger charge is 2.36. The zero-order chi connectivity index (χ0) is 13.8. The number of hydrogen-bond acceptors (Lipinski definition) is 4. The van der Waals surface area contributed by atoms with Crippen LogP contribution in [-0.4, -0.2) is 60.4 Å². The van der Waals surface area contributed by atoms with E-state index in [0.29, 0.717) is 25.9 Å². The summed E-state index contributed by atoms with van der Waals surface area (Å²) < 4.78 is 4.61. The summed E-state index contributed by atoms with van der Waals surface area (Å²) in [5, 5.41) is 0. The van der Waals surface area contributed by atoms with E-state index < -0.39 is 5.97 Å².